The van der Waals surface area contributed by atoms with E-state index >= 15 is 0 Å². The smallest absolute Gasteiger partial charge is 0.534 e. The molecule has 0 aliphatic carbocycles. The zero-order valence-corrected chi connectivity index (χ0v) is 16.9. The molecule has 0 fully saturated rings. The molecule has 1 amide bonds. The standard InChI is InChI=1S/C18H21BF3NO8/c1-17(2,28-3)16(26)30-9-29-15(25)11-6-4-5-10-7-12(19(27)31-14(10)11)23-13(24)8-18(20,21)22/h4-6,12,27H,7-9H2,1-3H3,(H,23,24)/t12-/m0/s1. The second-order valence-corrected chi connectivity index (χ2v) is 7.17. The Balaban J connectivity index is 2.03. The molecular weight excluding hydrogens is 426 g/mol. The van der Waals surface area contributed by atoms with Crippen molar-refractivity contribution in [2.24, 2.45) is 0 Å². The highest BCUT2D eigenvalue weighted by molar-refractivity contribution is 6.47. The Morgan fingerprint density at radius 1 is 1.26 bits per heavy atom. The van der Waals surface area contributed by atoms with Crippen molar-refractivity contribution in [3.63, 3.8) is 0 Å². The number of benzene rings is 1. The molecule has 0 saturated carbocycles. The number of fused-ring (bicyclic) bond motifs is 1. The number of carbonyl (C=O) groups is 3. The minimum Gasteiger partial charge on any atom is -0.534 e. The fourth-order valence-corrected chi connectivity index (χ4v) is 2.62. The number of nitrogens with one attached hydrogen (secondary N) is 1. The molecule has 0 bridgehead atoms. The summed E-state index contributed by atoms with van der Waals surface area (Å²) >= 11 is 0. The number of carbonyl (C=O) groups excluding carboxylic acids is 3. The molecule has 1 atom stereocenters. The average molecular weight is 447 g/mol. The van der Waals surface area contributed by atoms with E-state index in [4.69, 9.17) is 18.9 Å². The van der Waals surface area contributed by atoms with Crippen LogP contribution >= 0.6 is 0 Å². The Morgan fingerprint density at radius 2 is 1.94 bits per heavy atom. The predicted octanol–water partition coefficient (Wildman–Crippen LogP) is 1.16. The predicted molar refractivity (Wildman–Crippen MR) is 98.8 cm³/mol. The van der Waals surface area contributed by atoms with Crippen molar-refractivity contribution in [1.82, 2.24) is 5.32 Å². The Kier molecular flexibility index (Phi) is 7.55. The van der Waals surface area contributed by atoms with Gasteiger partial charge in [-0.25, -0.2) is 9.59 Å². The van der Waals surface area contributed by atoms with Crippen LogP contribution in [0.5, 0.6) is 5.75 Å². The number of esters is 2. The zero-order valence-electron chi connectivity index (χ0n) is 16.9. The number of halogens is 3. The molecule has 0 spiro atoms. The van der Waals surface area contributed by atoms with Gasteiger partial charge in [-0.05, 0) is 31.9 Å². The Bertz CT molecular complexity index is 846. The molecule has 13 heteroatoms. The fourth-order valence-electron chi connectivity index (χ4n) is 2.62. The number of para-hydroxylation sites is 1. The summed E-state index contributed by atoms with van der Waals surface area (Å²) in [5.74, 6) is -4.20. The number of amides is 1. The van der Waals surface area contributed by atoms with Gasteiger partial charge in [0.25, 0.3) is 0 Å². The quantitative estimate of drug-likeness (QED) is 0.363. The third kappa shape index (κ3) is 6.59. The van der Waals surface area contributed by atoms with Crippen molar-refractivity contribution < 1.29 is 51.4 Å². The van der Waals surface area contributed by atoms with Crippen molar-refractivity contribution in [3.05, 3.63) is 29.3 Å². The van der Waals surface area contributed by atoms with Crippen molar-refractivity contribution in [2.45, 2.75) is 44.4 Å². The second-order valence-electron chi connectivity index (χ2n) is 7.17. The van der Waals surface area contributed by atoms with Crippen LogP contribution in [0.1, 0.15) is 36.2 Å². The number of hydrogen-bond donors (Lipinski definition) is 2. The maximum atomic E-state index is 12.3. The van der Waals surface area contributed by atoms with E-state index in [2.05, 4.69) is 5.32 Å². The molecule has 1 aromatic carbocycles. The summed E-state index contributed by atoms with van der Waals surface area (Å²) in [4.78, 5) is 35.6. The summed E-state index contributed by atoms with van der Waals surface area (Å²) in [6.45, 7) is 2.22. The number of methoxy groups -OCH3 is 1. The zero-order chi connectivity index (χ0) is 23.4. The minimum absolute atomic E-state index is 0.0510. The van der Waals surface area contributed by atoms with Gasteiger partial charge in [0.1, 0.15) is 17.7 Å². The van der Waals surface area contributed by atoms with Gasteiger partial charge in [0.05, 0.1) is 5.94 Å². The topological polar surface area (TPSA) is 120 Å². The highest BCUT2D eigenvalue weighted by Gasteiger charge is 2.40. The van der Waals surface area contributed by atoms with Gasteiger partial charge in [-0.15, -0.1) is 0 Å². The first-order chi connectivity index (χ1) is 14.3. The molecule has 0 aromatic heterocycles. The van der Waals surface area contributed by atoms with Gasteiger partial charge in [-0.1, -0.05) is 12.1 Å². The Hall–Kier alpha value is -2.80. The molecular formula is C18H21BF3NO8. The van der Waals surface area contributed by atoms with E-state index in [0.717, 1.165) is 0 Å². The molecule has 2 rings (SSSR count). The molecule has 2 N–H and O–H groups in total. The maximum Gasteiger partial charge on any atom is 0.547 e. The lowest BCUT2D eigenvalue weighted by molar-refractivity contribution is -0.173. The van der Waals surface area contributed by atoms with Gasteiger partial charge in [0.2, 0.25) is 12.7 Å². The number of rotatable bonds is 7. The van der Waals surface area contributed by atoms with Gasteiger partial charge in [-0.2, -0.15) is 13.2 Å². The fraction of sp³-hybridized carbons (Fsp3) is 0.500. The first-order valence-electron chi connectivity index (χ1n) is 9.06. The van der Waals surface area contributed by atoms with E-state index < -0.39 is 55.9 Å². The lowest BCUT2D eigenvalue weighted by atomic mass is 9.72. The van der Waals surface area contributed by atoms with E-state index in [-0.39, 0.29) is 17.7 Å². The third-order valence-electron chi connectivity index (χ3n) is 4.43. The van der Waals surface area contributed by atoms with E-state index in [9.17, 15) is 32.6 Å². The molecule has 170 valence electrons. The van der Waals surface area contributed by atoms with Crippen molar-refractivity contribution in [2.75, 3.05) is 13.9 Å². The number of hydrogen-bond acceptors (Lipinski definition) is 8. The molecule has 1 aromatic rings. The molecule has 0 radical (unpaired) electrons. The number of alkyl halides is 3. The minimum atomic E-state index is -4.69. The van der Waals surface area contributed by atoms with Crippen LogP contribution in [0.4, 0.5) is 13.2 Å². The lowest BCUT2D eigenvalue weighted by Crippen LogP contribution is -2.53. The summed E-state index contributed by atoms with van der Waals surface area (Å²) in [5.41, 5.74) is -0.981. The molecule has 1 heterocycles. The summed E-state index contributed by atoms with van der Waals surface area (Å²) in [6.07, 6.45) is -6.48. The van der Waals surface area contributed by atoms with E-state index in [1.54, 1.807) is 0 Å². The molecule has 1 aliphatic rings. The SMILES string of the molecule is COC(C)(C)C(=O)OCOC(=O)c1cccc2c1OB(O)[C@@H](NC(=O)CC(F)(F)F)C2. The molecule has 9 nitrogen and oxygen atoms in total. The third-order valence-corrected chi connectivity index (χ3v) is 4.43. The first kappa shape index (κ1) is 24.5. The highest BCUT2D eigenvalue weighted by atomic mass is 19.4. The largest absolute Gasteiger partial charge is 0.547 e. The summed E-state index contributed by atoms with van der Waals surface area (Å²) in [7, 11) is -0.385. The van der Waals surface area contributed by atoms with Crippen LogP contribution in [0.15, 0.2) is 18.2 Å². The van der Waals surface area contributed by atoms with Gasteiger partial charge in [0.15, 0.2) is 5.60 Å². The van der Waals surface area contributed by atoms with Crippen LogP contribution in [0.2, 0.25) is 0 Å². The maximum absolute atomic E-state index is 12.3. The lowest BCUT2D eigenvalue weighted by Gasteiger charge is -2.29. The van der Waals surface area contributed by atoms with Crippen LogP contribution in [0.3, 0.4) is 0 Å². The van der Waals surface area contributed by atoms with Crippen molar-refractivity contribution >= 4 is 25.0 Å². The Morgan fingerprint density at radius 3 is 2.55 bits per heavy atom. The van der Waals surface area contributed by atoms with Gasteiger partial charge < -0.3 is 29.2 Å². The second kappa shape index (κ2) is 9.56. The summed E-state index contributed by atoms with van der Waals surface area (Å²) in [6, 6.07) is 4.31. The molecule has 31 heavy (non-hydrogen) atoms. The molecule has 0 unspecified atom stereocenters. The normalized spacial score (nSPS) is 16.1. The van der Waals surface area contributed by atoms with Crippen LogP contribution < -0.4 is 9.97 Å². The van der Waals surface area contributed by atoms with E-state index in [1.165, 1.54) is 39.2 Å². The monoisotopic (exact) mass is 447 g/mol. The van der Waals surface area contributed by atoms with Crippen LogP contribution in [0.25, 0.3) is 0 Å². The van der Waals surface area contributed by atoms with Gasteiger partial charge in [-0.3, -0.25) is 4.79 Å². The van der Waals surface area contributed by atoms with Gasteiger partial charge in [0, 0.05) is 7.11 Å². The Labute approximate surface area is 175 Å². The average Bonchev–Trinajstić information content (AvgIpc) is 2.66. The summed E-state index contributed by atoms with van der Waals surface area (Å²) in [5, 5.41) is 12.1. The van der Waals surface area contributed by atoms with Crippen LogP contribution in [-0.2, 0) is 30.2 Å². The molecule has 0 saturated heterocycles. The molecule has 1 aliphatic heterocycles. The highest BCUT2D eigenvalue weighted by Crippen LogP contribution is 2.31. The van der Waals surface area contributed by atoms with E-state index in [0.29, 0.717) is 5.56 Å². The van der Waals surface area contributed by atoms with Crippen LogP contribution in [-0.4, -0.2) is 61.6 Å². The van der Waals surface area contributed by atoms with E-state index in [1.807, 2.05) is 0 Å². The first-order valence-corrected chi connectivity index (χ1v) is 9.06. The number of ether oxygens (including phenoxy) is 3. The summed E-state index contributed by atoms with van der Waals surface area (Å²) < 4.78 is 56.9. The van der Waals surface area contributed by atoms with Crippen molar-refractivity contribution in [1.29, 1.82) is 0 Å². The van der Waals surface area contributed by atoms with Crippen LogP contribution in [0, 0.1) is 0 Å². The van der Waals surface area contributed by atoms with Crippen molar-refractivity contribution in [3.8, 4) is 5.75 Å². The van der Waals surface area contributed by atoms with Gasteiger partial charge >= 0.3 is 25.2 Å².